The zero-order chi connectivity index (χ0) is 12.7. The van der Waals surface area contributed by atoms with Crippen molar-refractivity contribution in [2.75, 3.05) is 13.2 Å². The molecular formula is C13H18O3S. The van der Waals surface area contributed by atoms with Gasteiger partial charge in [-0.1, -0.05) is 6.92 Å². The van der Waals surface area contributed by atoms with E-state index in [1.54, 1.807) is 0 Å². The molecule has 1 rings (SSSR count). The smallest absolute Gasteiger partial charge is 0.180 e. The molecule has 94 valence electrons. The van der Waals surface area contributed by atoms with Gasteiger partial charge in [-0.25, -0.2) is 0 Å². The van der Waals surface area contributed by atoms with Crippen molar-refractivity contribution in [1.29, 1.82) is 0 Å². The monoisotopic (exact) mass is 254 g/mol. The van der Waals surface area contributed by atoms with E-state index in [9.17, 15) is 9.59 Å². The van der Waals surface area contributed by atoms with E-state index in [1.165, 1.54) is 16.2 Å². The van der Waals surface area contributed by atoms with Crippen molar-refractivity contribution in [2.24, 2.45) is 0 Å². The van der Waals surface area contributed by atoms with Crippen molar-refractivity contribution in [3.05, 3.63) is 21.9 Å². The van der Waals surface area contributed by atoms with Gasteiger partial charge < -0.3 is 4.74 Å². The topological polar surface area (TPSA) is 43.4 Å². The van der Waals surface area contributed by atoms with E-state index in [0.29, 0.717) is 24.5 Å². The first-order chi connectivity index (χ1) is 8.17. The number of rotatable bonds is 8. The van der Waals surface area contributed by atoms with Crippen molar-refractivity contribution in [2.45, 2.75) is 33.1 Å². The molecule has 0 bridgehead atoms. The summed E-state index contributed by atoms with van der Waals surface area (Å²) in [5.41, 5.74) is 0. The summed E-state index contributed by atoms with van der Waals surface area (Å²) >= 11 is 1.48. The van der Waals surface area contributed by atoms with Gasteiger partial charge in [-0.3, -0.25) is 9.59 Å². The average Bonchev–Trinajstić information content (AvgIpc) is 2.78. The van der Waals surface area contributed by atoms with Gasteiger partial charge in [0.05, 0.1) is 17.9 Å². The van der Waals surface area contributed by atoms with Gasteiger partial charge in [0.25, 0.3) is 0 Å². The molecule has 0 fully saturated rings. The molecule has 1 aromatic rings. The van der Waals surface area contributed by atoms with Gasteiger partial charge in [0.15, 0.2) is 5.78 Å². The van der Waals surface area contributed by atoms with Crippen LogP contribution in [0, 0.1) is 0 Å². The minimum absolute atomic E-state index is 0.00323. The minimum atomic E-state index is -0.0730. The summed E-state index contributed by atoms with van der Waals surface area (Å²) in [6, 6.07) is 3.75. The van der Waals surface area contributed by atoms with Gasteiger partial charge in [0.1, 0.15) is 5.78 Å². The number of ether oxygens (including phenoxy) is 1. The third kappa shape index (κ3) is 4.79. The van der Waals surface area contributed by atoms with E-state index in [4.69, 9.17) is 4.74 Å². The molecule has 1 heterocycles. The Hall–Kier alpha value is -1.000. The lowest BCUT2D eigenvalue weighted by Crippen LogP contribution is -2.09. The van der Waals surface area contributed by atoms with Crippen molar-refractivity contribution in [3.63, 3.8) is 0 Å². The lowest BCUT2D eigenvalue weighted by atomic mass is 10.1. The minimum Gasteiger partial charge on any atom is -0.381 e. The number of hydrogen-bond acceptors (Lipinski definition) is 4. The normalized spacial score (nSPS) is 10.5. The lowest BCUT2D eigenvalue weighted by Gasteiger charge is -2.00. The summed E-state index contributed by atoms with van der Waals surface area (Å²) in [6.45, 7) is 4.94. The highest BCUT2D eigenvalue weighted by molar-refractivity contribution is 7.14. The zero-order valence-electron chi connectivity index (χ0n) is 10.3. The summed E-state index contributed by atoms with van der Waals surface area (Å²) < 4.78 is 5.08. The van der Waals surface area contributed by atoms with E-state index in [-0.39, 0.29) is 18.0 Å². The van der Waals surface area contributed by atoms with E-state index >= 15 is 0 Å². The number of thiophene rings is 1. The van der Waals surface area contributed by atoms with Crippen LogP contribution in [0.15, 0.2) is 12.1 Å². The second-order valence-corrected chi connectivity index (χ2v) is 4.87. The van der Waals surface area contributed by atoms with Crippen molar-refractivity contribution < 1.29 is 14.3 Å². The molecule has 4 heteroatoms. The number of hydrogen-bond donors (Lipinski definition) is 0. The predicted octanol–water partition coefficient (Wildman–Crippen LogP) is 2.88. The molecule has 0 spiro atoms. The van der Waals surface area contributed by atoms with Crippen LogP contribution in [-0.2, 0) is 16.0 Å². The molecule has 1 aromatic heterocycles. The van der Waals surface area contributed by atoms with Gasteiger partial charge in [-0.15, -0.1) is 11.3 Å². The molecule has 0 atom stereocenters. The predicted molar refractivity (Wildman–Crippen MR) is 68.8 cm³/mol. The summed E-state index contributed by atoms with van der Waals surface area (Å²) in [4.78, 5) is 25.1. The molecule has 0 aliphatic rings. The van der Waals surface area contributed by atoms with E-state index in [1.807, 2.05) is 26.0 Å². The van der Waals surface area contributed by atoms with E-state index in [0.717, 1.165) is 6.42 Å². The Morgan fingerprint density at radius 3 is 2.65 bits per heavy atom. The summed E-state index contributed by atoms with van der Waals surface area (Å²) in [5, 5.41) is 0. The summed E-state index contributed by atoms with van der Waals surface area (Å²) in [6.07, 6.45) is 1.25. The third-order valence-corrected chi connectivity index (χ3v) is 3.64. The van der Waals surface area contributed by atoms with Gasteiger partial charge in [0, 0.05) is 17.9 Å². The second-order valence-electron chi connectivity index (χ2n) is 3.71. The zero-order valence-corrected chi connectivity index (χ0v) is 11.1. The molecule has 3 nitrogen and oxygen atoms in total. The van der Waals surface area contributed by atoms with Crippen molar-refractivity contribution >= 4 is 22.9 Å². The first-order valence-corrected chi connectivity index (χ1v) is 6.70. The number of carbonyl (C=O) groups excluding carboxylic acids is 2. The Kier molecular flexibility index (Phi) is 6.08. The fourth-order valence-corrected chi connectivity index (χ4v) is 2.29. The van der Waals surface area contributed by atoms with Crippen LogP contribution in [0.3, 0.4) is 0 Å². The molecule has 0 unspecified atom stereocenters. The van der Waals surface area contributed by atoms with Gasteiger partial charge >= 0.3 is 0 Å². The summed E-state index contributed by atoms with van der Waals surface area (Å²) in [5.74, 6) is -0.119. The standard InChI is InChI=1S/C13H18O3S/c1-3-11-5-6-13(17-11)12(15)9-10(14)7-8-16-4-2/h5-6H,3-4,7-9H2,1-2H3. The number of carbonyl (C=O) groups is 2. The van der Waals surface area contributed by atoms with Crippen molar-refractivity contribution in [3.8, 4) is 0 Å². The van der Waals surface area contributed by atoms with Crippen LogP contribution >= 0.6 is 11.3 Å². The molecule has 17 heavy (non-hydrogen) atoms. The molecule has 0 amide bonds. The second kappa shape index (κ2) is 7.35. The molecule has 0 aromatic carbocycles. The molecule has 0 saturated heterocycles. The third-order valence-electron chi connectivity index (χ3n) is 2.37. The average molecular weight is 254 g/mol. The first-order valence-electron chi connectivity index (χ1n) is 5.88. The van der Waals surface area contributed by atoms with Crippen LogP contribution in [0.1, 0.15) is 41.2 Å². The molecule has 0 N–H and O–H groups in total. The quantitative estimate of drug-likeness (QED) is 0.407. The van der Waals surface area contributed by atoms with Crippen molar-refractivity contribution in [1.82, 2.24) is 0 Å². The number of Topliss-reactive ketones (excluding diaryl/α,β-unsaturated/α-hetero) is 2. The molecular weight excluding hydrogens is 236 g/mol. The van der Waals surface area contributed by atoms with E-state index < -0.39 is 0 Å². The fourth-order valence-electron chi connectivity index (χ4n) is 1.40. The number of ketones is 2. The SMILES string of the molecule is CCOCCC(=O)CC(=O)c1ccc(CC)s1. The van der Waals surface area contributed by atoms with Crippen LogP contribution in [0.2, 0.25) is 0 Å². The Bertz CT molecular complexity index is 382. The van der Waals surface area contributed by atoms with Gasteiger partial charge in [-0.2, -0.15) is 0 Å². The maximum absolute atomic E-state index is 11.8. The maximum Gasteiger partial charge on any atom is 0.180 e. The Balaban J connectivity index is 2.40. The largest absolute Gasteiger partial charge is 0.381 e. The molecule has 0 aliphatic heterocycles. The van der Waals surface area contributed by atoms with Crippen LogP contribution in [0.25, 0.3) is 0 Å². The van der Waals surface area contributed by atoms with Crippen LogP contribution in [-0.4, -0.2) is 24.8 Å². The van der Waals surface area contributed by atoms with Crippen LogP contribution < -0.4 is 0 Å². The Morgan fingerprint density at radius 1 is 1.29 bits per heavy atom. The van der Waals surface area contributed by atoms with Gasteiger partial charge in [0.2, 0.25) is 0 Å². The van der Waals surface area contributed by atoms with Crippen LogP contribution in [0.5, 0.6) is 0 Å². The molecule has 0 aliphatic carbocycles. The summed E-state index contributed by atoms with van der Waals surface area (Å²) in [7, 11) is 0. The maximum atomic E-state index is 11.8. The van der Waals surface area contributed by atoms with Crippen LogP contribution in [0.4, 0.5) is 0 Å². The molecule has 0 saturated carbocycles. The number of aryl methyl sites for hydroxylation is 1. The Labute approximate surface area is 106 Å². The van der Waals surface area contributed by atoms with Gasteiger partial charge in [-0.05, 0) is 25.5 Å². The lowest BCUT2D eigenvalue weighted by molar-refractivity contribution is -0.119. The highest BCUT2D eigenvalue weighted by Crippen LogP contribution is 2.18. The molecule has 0 radical (unpaired) electrons. The fraction of sp³-hybridized carbons (Fsp3) is 0.538. The Morgan fingerprint density at radius 2 is 2.06 bits per heavy atom. The van der Waals surface area contributed by atoms with E-state index in [2.05, 4.69) is 0 Å². The highest BCUT2D eigenvalue weighted by Gasteiger charge is 2.13. The first kappa shape index (κ1) is 14.1. The highest BCUT2D eigenvalue weighted by atomic mass is 32.1.